The molecule has 0 aromatic heterocycles. The Bertz CT molecular complexity index is 720. The van der Waals surface area contributed by atoms with Crippen molar-refractivity contribution in [3.8, 4) is 0 Å². The van der Waals surface area contributed by atoms with Gasteiger partial charge < -0.3 is 10.0 Å². The lowest BCUT2D eigenvalue weighted by Gasteiger charge is -2.16. The average molecular weight is 355 g/mol. The first-order chi connectivity index (χ1) is 12.1. The molecular formula is C20H21NO3S. The monoisotopic (exact) mass is 355 g/mol. The summed E-state index contributed by atoms with van der Waals surface area (Å²) < 4.78 is 0. The minimum atomic E-state index is -0.831. The highest BCUT2D eigenvalue weighted by molar-refractivity contribution is 7.99. The normalized spacial score (nSPS) is 19.8. The second-order valence-corrected chi connectivity index (χ2v) is 7.34. The largest absolute Gasteiger partial charge is 0.481 e. The fraction of sp³-hybridized carbons (Fsp3) is 0.300. The van der Waals surface area contributed by atoms with E-state index in [9.17, 15) is 14.7 Å². The molecule has 1 N–H and O–H groups in total. The van der Waals surface area contributed by atoms with Crippen molar-refractivity contribution in [1.82, 2.24) is 4.90 Å². The fourth-order valence-electron chi connectivity index (χ4n) is 3.23. The Labute approximate surface area is 151 Å². The SMILES string of the molecule is O=C(O)[C@@H]1CN(C(=O)CCSc2ccccc2)C[C@@H]1c1ccccc1. The number of carboxylic acid groups (broad SMARTS) is 1. The standard InChI is InChI=1S/C20H21NO3S/c22-19(11-12-25-16-9-5-2-6-10-16)21-13-17(18(14-21)20(23)24)15-7-3-1-4-8-15/h1-10,17-18H,11-14H2,(H,23,24)/t17-,18-/m1/s1. The number of nitrogens with zero attached hydrogens (tertiary/aromatic N) is 1. The van der Waals surface area contributed by atoms with Crippen LogP contribution in [0.1, 0.15) is 17.9 Å². The van der Waals surface area contributed by atoms with Crippen molar-refractivity contribution >= 4 is 23.6 Å². The van der Waals surface area contributed by atoms with E-state index in [1.165, 1.54) is 0 Å². The molecule has 1 fully saturated rings. The molecule has 1 aliphatic rings. The predicted octanol–water partition coefficient (Wildman–Crippen LogP) is 3.50. The van der Waals surface area contributed by atoms with Crippen LogP contribution in [0.15, 0.2) is 65.6 Å². The van der Waals surface area contributed by atoms with Crippen molar-refractivity contribution in [3.63, 3.8) is 0 Å². The molecule has 2 aromatic rings. The first-order valence-corrected chi connectivity index (χ1v) is 9.37. The van der Waals surface area contributed by atoms with E-state index < -0.39 is 11.9 Å². The second-order valence-electron chi connectivity index (χ2n) is 6.17. The fourth-order valence-corrected chi connectivity index (χ4v) is 4.09. The van der Waals surface area contributed by atoms with Crippen molar-refractivity contribution < 1.29 is 14.7 Å². The molecule has 0 bridgehead atoms. The summed E-state index contributed by atoms with van der Waals surface area (Å²) in [6, 6.07) is 19.6. The van der Waals surface area contributed by atoms with Gasteiger partial charge in [0.25, 0.3) is 0 Å². The van der Waals surface area contributed by atoms with Crippen LogP contribution in [0.25, 0.3) is 0 Å². The minimum absolute atomic E-state index is 0.0353. The number of carbonyl (C=O) groups excluding carboxylic acids is 1. The summed E-state index contributed by atoms with van der Waals surface area (Å²) in [6.07, 6.45) is 0.424. The van der Waals surface area contributed by atoms with Gasteiger partial charge in [-0.25, -0.2) is 0 Å². The molecule has 2 atom stereocenters. The lowest BCUT2D eigenvalue weighted by Crippen LogP contribution is -2.30. The number of benzene rings is 2. The van der Waals surface area contributed by atoms with Crippen molar-refractivity contribution in [3.05, 3.63) is 66.2 Å². The molecule has 0 unspecified atom stereocenters. The van der Waals surface area contributed by atoms with Gasteiger partial charge in [0.15, 0.2) is 0 Å². The number of carboxylic acids is 1. The van der Waals surface area contributed by atoms with Gasteiger partial charge in [-0.2, -0.15) is 0 Å². The summed E-state index contributed by atoms with van der Waals surface area (Å²) in [5.74, 6) is -0.763. The number of hydrogen-bond acceptors (Lipinski definition) is 3. The highest BCUT2D eigenvalue weighted by Crippen LogP contribution is 2.33. The van der Waals surface area contributed by atoms with Crippen LogP contribution in [0, 0.1) is 5.92 Å². The summed E-state index contributed by atoms with van der Waals surface area (Å²) in [5.41, 5.74) is 0.990. The van der Waals surface area contributed by atoms with Crippen LogP contribution in [0.4, 0.5) is 0 Å². The summed E-state index contributed by atoms with van der Waals surface area (Å²) in [5, 5.41) is 9.53. The van der Waals surface area contributed by atoms with Crippen molar-refractivity contribution in [2.45, 2.75) is 17.2 Å². The van der Waals surface area contributed by atoms with Crippen molar-refractivity contribution in [1.29, 1.82) is 0 Å². The van der Waals surface area contributed by atoms with Gasteiger partial charge in [0.05, 0.1) is 5.92 Å². The molecular weight excluding hydrogens is 334 g/mol. The van der Waals surface area contributed by atoms with E-state index in [1.807, 2.05) is 60.7 Å². The van der Waals surface area contributed by atoms with Gasteiger partial charge in [-0.3, -0.25) is 9.59 Å². The van der Waals surface area contributed by atoms with Crippen LogP contribution in [0.3, 0.4) is 0 Å². The molecule has 1 saturated heterocycles. The van der Waals surface area contributed by atoms with Crippen LogP contribution < -0.4 is 0 Å². The molecule has 0 saturated carbocycles. The zero-order valence-corrected chi connectivity index (χ0v) is 14.7. The lowest BCUT2D eigenvalue weighted by molar-refractivity contribution is -0.141. The van der Waals surface area contributed by atoms with E-state index in [2.05, 4.69) is 0 Å². The number of amides is 1. The number of hydrogen-bond donors (Lipinski definition) is 1. The lowest BCUT2D eigenvalue weighted by atomic mass is 9.89. The van der Waals surface area contributed by atoms with E-state index >= 15 is 0 Å². The van der Waals surface area contributed by atoms with E-state index in [0.717, 1.165) is 10.5 Å². The minimum Gasteiger partial charge on any atom is -0.481 e. The average Bonchev–Trinajstić information content (AvgIpc) is 3.09. The third-order valence-electron chi connectivity index (χ3n) is 4.55. The molecule has 1 heterocycles. The van der Waals surface area contributed by atoms with Crippen LogP contribution in [-0.4, -0.2) is 40.7 Å². The third kappa shape index (κ3) is 4.42. The Morgan fingerprint density at radius 1 is 1.00 bits per heavy atom. The Morgan fingerprint density at radius 3 is 2.28 bits per heavy atom. The van der Waals surface area contributed by atoms with Gasteiger partial charge in [0.2, 0.25) is 5.91 Å². The molecule has 0 spiro atoms. The molecule has 1 amide bonds. The van der Waals surface area contributed by atoms with Crippen molar-refractivity contribution in [2.24, 2.45) is 5.92 Å². The maximum atomic E-state index is 12.5. The van der Waals surface area contributed by atoms with Gasteiger partial charge in [-0.15, -0.1) is 11.8 Å². The van der Waals surface area contributed by atoms with Gasteiger partial charge in [0, 0.05) is 36.1 Å². The van der Waals surface area contributed by atoms with Gasteiger partial charge in [-0.1, -0.05) is 48.5 Å². The first-order valence-electron chi connectivity index (χ1n) is 8.38. The van der Waals surface area contributed by atoms with Crippen LogP contribution >= 0.6 is 11.8 Å². The molecule has 5 heteroatoms. The van der Waals surface area contributed by atoms with Crippen LogP contribution in [0.5, 0.6) is 0 Å². The Kier molecular flexibility index (Phi) is 5.76. The molecule has 0 radical (unpaired) electrons. The Balaban J connectivity index is 1.59. The Hall–Kier alpha value is -2.27. The zero-order valence-electron chi connectivity index (χ0n) is 13.9. The van der Waals surface area contributed by atoms with E-state index in [0.29, 0.717) is 25.3 Å². The molecule has 3 rings (SSSR count). The zero-order chi connectivity index (χ0) is 17.6. The first kappa shape index (κ1) is 17.5. The van der Waals surface area contributed by atoms with E-state index in [-0.39, 0.29) is 11.8 Å². The summed E-state index contributed by atoms with van der Waals surface area (Å²) in [6.45, 7) is 0.777. The quantitative estimate of drug-likeness (QED) is 0.806. The molecule has 2 aromatic carbocycles. The van der Waals surface area contributed by atoms with Gasteiger partial charge in [-0.05, 0) is 17.7 Å². The number of rotatable bonds is 6. The van der Waals surface area contributed by atoms with E-state index in [4.69, 9.17) is 0 Å². The van der Waals surface area contributed by atoms with Gasteiger partial charge in [0.1, 0.15) is 0 Å². The molecule has 130 valence electrons. The second kappa shape index (κ2) is 8.21. The summed E-state index contributed by atoms with van der Waals surface area (Å²) in [4.78, 5) is 27.0. The smallest absolute Gasteiger partial charge is 0.308 e. The summed E-state index contributed by atoms with van der Waals surface area (Å²) >= 11 is 1.65. The molecule has 4 nitrogen and oxygen atoms in total. The highest BCUT2D eigenvalue weighted by Gasteiger charge is 2.40. The molecule has 0 aliphatic carbocycles. The predicted molar refractivity (Wildman–Crippen MR) is 98.7 cm³/mol. The number of carbonyl (C=O) groups is 2. The molecule has 25 heavy (non-hydrogen) atoms. The third-order valence-corrected chi connectivity index (χ3v) is 5.56. The van der Waals surface area contributed by atoms with Crippen molar-refractivity contribution in [2.75, 3.05) is 18.8 Å². The van der Waals surface area contributed by atoms with Crippen LogP contribution in [0.2, 0.25) is 0 Å². The number of aliphatic carboxylic acids is 1. The van der Waals surface area contributed by atoms with E-state index in [1.54, 1.807) is 16.7 Å². The maximum absolute atomic E-state index is 12.5. The molecule has 1 aliphatic heterocycles. The topological polar surface area (TPSA) is 57.6 Å². The highest BCUT2D eigenvalue weighted by atomic mass is 32.2. The summed E-state index contributed by atoms with van der Waals surface area (Å²) in [7, 11) is 0. The van der Waals surface area contributed by atoms with Crippen LogP contribution in [-0.2, 0) is 9.59 Å². The number of thioether (sulfide) groups is 1. The Morgan fingerprint density at radius 2 is 1.64 bits per heavy atom. The van der Waals surface area contributed by atoms with Gasteiger partial charge >= 0.3 is 5.97 Å². The number of likely N-dealkylation sites (tertiary alicyclic amines) is 1. The maximum Gasteiger partial charge on any atom is 0.308 e.